The smallest absolute Gasteiger partial charge is 0.431 e. The molecule has 4 heterocycles. The van der Waals surface area contributed by atoms with Crippen LogP contribution in [-0.4, -0.2) is 33.4 Å². The highest BCUT2D eigenvalue weighted by atomic mass is 19.4. The average Bonchev–Trinajstić information content (AvgIpc) is 3.73. The zero-order chi connectivity index (χ0) is 34.1. The second kappa shape index (κ2) is 13.0. The number of aromatic nitrogens is 4. The fourth-order valence-electron chi connectivity index (χ4n) is 5.03. The van der Waals surface area contributed by atoms with Gasteiger partial charge >= 0.3 is 12.4 Å². The molecule has 0 amide bonds. The Morgan fingerprint density at radius 2 is 0.792 bits per heavy atom. The van der Waals surface area contributed by atoms with E-state index in [2.05, 4.69) is 9.97 Å². The van der Waals surface area contributed by atoms with E-state index in [1.54, 1.807) is 57.7 Å². The second-order valence-electron chi connectivity index (χ2n) is 10.6. The van der Waals surface area contributed by atoms with Gasteiger partial charge in [0.25, 0.3) is 0 Å². The minimum absolute atomic E-state index is 0.126. The molecule has 6 aromatic rings. The molecule has 246 valence electrons. The number of nitrogens with zero attached hydrogens (tertiary/aromatic N) is 4. The molecular formula is C34H26F6N4O4+2. The standard InChI is InChI=1S/C34H26F6N4O4/c35-33(36,37)29-27(23-9-13-43(14-10-23)17-19-45)41-31(47-29)25-5-1-21(2-6-25)22-3-7-26(8-4-22)32-42-28(30(48-32)34(38,39)40)24-11-15-44(16-12-24)18-20-46/h1-16,45-46H,17-20H2/q+2. The van der Waals surface area contributed by atoms with Gasteiger partial charge in [-0.2, -0.15) is 26.3 Å². The van der Waals surface area contributed by atoms with Crippen molar-refractivity contribution in [1.82, 2.24) is 9.97 Å². The third-order valence-corrected chi connectivity index (χ3v) is 7.41. The van der Waals surface area contributed by atoms with Crippen LogP contribution in [0, 0.1) is 0 Å². The van der Waals surface area contributed by atoms with Crippen molar-refractivity contribution in [2.45, 2.75) is 25.4 Å². The highest BCUT2D eigenvalue weighted by Crippen LogP contribution is 2.41. The van der Waals surface area contributed by atoms with E-state index in [0.29, 0.717) is 22.3 Å². The highest BCUT2D eigenvalue weighted by molar-refractivity contribution is 5.72. The van der Waals surface area contributed by atoms with E-state index in [-0.39, 0.29) is 60.6 Å². The lowest BCUT2D eigenvalue weighted by atomic mass is 10.0. The maximum atomic E-state index is 13.9. The molecule has 0 aliphatic heterocycles. The van der Waals surface area contributed by atoms with Crippen molar-refractivity contribution in [1.29, 1.82) is 0 Å². The predicted molar refractivity (Wildman–Crippen MR) is 158 cm³/mol. The van der Waals surface area contributed by atoms with Gasteiger partial charge in [0.15, 0.2) is 37.9 Å². The largest absolute Gasteiger partial charge is 0.451 e. The summed E-state index contributed by atoms with van der Waals surface area (Å²) >= 11 is 0. The molecule has 0 spiro atoms. The van der Waals surface area contributed by atoms with Crippen molar-refractivity contribution in [3.8, 4) is 56.6 Å². The van der Waals surface area contributed by atoms with E-state index in [1.807, 2.05) is 0 Å². The van der Waals surface area contributed by atoms with E-state index in [0.717, 1.165) is 0 Å². The molecule has 0 unspecified atom stereocenters. The van der Waals surface area contributed by atoms with E-state index >= 15 is 0 Å². The summed E-state index contributed by atoms with van der Waals surface area (Å²) in [7, 11) is 0. The summed E-state index contributed by atoms with van der Waals surface area (Å²) in [5.74, 6) is -2.93. The molecule has 0 saturated carbocycles. The number of hydrogen-bond donors (Lipinski definition) is 2. The maximum Gasteiger partial charge on any atom is 0.451 e. The highest BCUT2D eigenvalue weighted by Gasteiger charge is 2.41. The SMILES string of the molecule is OCC[n+]1ccc(-c2nc(-c3ccc(-c4ccc(-c5nc(-c6cc[n+](CCO)cc6)c(C(F)(F)F)o5)cc4)cc3)oc2C(F)(F)F)cc1. The van der Waals surface area contributed by atoms with E-state index in [9.17, 15) is 26.3 Å². The van der Waals surface area contributed by atoms with Crippen LogP contribution in [0.2, 0.25) is 0 Å². The Morgan fingerprint density at radius 1 is 0.479 bits per heavy atom. The molecule has 0 saturated heterocycles. The number of hydrogen-bond acceptors (Lipinski definition) is 6. The van der Waals surface area contributed by atoms with Gasteiger partial charge in [-0.05, 0) is 35.4 Å². The average molecular weight is 669 g/mol. The third kappa shape index (κ3) is 6.85. The summed E-state index contributed by atoms with van der Waals surface area (Å²) < 4.78 is 96.8. The van der Waals surface area contributed by atoms with Crippen LogP contribution in [-0.2, 0) is 25.4 Å². The Labute approximate surface area is 268 Å². The second-order valence-corrected chi connectivity index (χ2v) is 10.6. The Kier molecular flexibility index (Phi) is 8.86. The van der Waals surface area contributed by atoms with Crippen molar-refractivity contribution in [2.24, 2.45) is 0 Å². The number of oxazole rings is 2. The Bertz CT molecular complexity index is 1850. The number of aliphatic hydroxyl groups excluding tert-OH is 2. The summed E-state index contributed by atoms with van der Waals surface area (Å²) in [6.07, 6.45) is -3.45. The van der Waals surface area contributed by atoms with Gasteiger partial charge in [-0.25, -0.2) is 19.1 Å². The van der Waals surface area contributed by atoms with Gasteiger partial charge in [0.1, 0.15) is 24.6 Å². The molecule has 0 radical (unpaired) electrons. The molecule has 2 aromatic carbocycles. The molecular weight excluding hydrogens is 642 g/mol. The molecule has 48 heavy (non-hydrogen) atoms. The molecule has 0 aliphatic carbocycles. The van der Waals surface area contributed by atoms with Crippen molar-refractivity contribution < 1.29 is 54.5 Å². The van der Waals surface area contributed by atoms with Crippen LogP contribution >= 0.6 is 0 Å². The minimum atomic E-state index is -4.80. The van der Waals surface area contributed by atoms with Crippen LogP contribution in [0.1, 0.15) is 11.5 Å². The fraction of sp³-hybridized carbons (Fsp3) is 0.176. The topological polar surface area (TPSA) is 100 Å². The quantitative estimate of drug-likeness (QED) is 0.133. The van der Waals surface area contributed by atoms with Crippen molar-refractivity contribution in [3.63, 3.8) is 0 Å². The van der Waals surface area contributed by atoms with E-state index in [4.69, 9.17) is 19.0 Å². The zero-order valence-corrected chi connectivity index (χ0v) is 24.8. The van der Waals surface area contributed by atoms with E-state index < -0.39 is 23.9 Å². The lowest BCUT2D eigenvalue weighted by molar-refractivity contribution is -0.698. The van der Waals surface area contributed by atoms with Crippen LogP contribution < -0.4 is 9.13 Å². The number of benzene rings is 2. The summed E-state index contributed by atoms with van der Waals surface area (Å²) in [5.41, 5.74) is 1.60. The van der Waals surface area contributed by atoms with Gasteiger partial charge in [0.2, 0.25) is 23.3 Å². The lowest BCUT2D eigenvalue weighted by Crippen LogP contribution is -2.34. The number of pyridine rings is 2. The summed E-state index contributed by atoms with van der Waals surface area (Å²) in [5, 5.41) is 18.2. The Morgan fingerprint density at radius 3 is 1.08 bits per heavy atom. The van der Waals surface area contributed by atoms with Crippen LogP contribution in [0.4, 0.5) is 26.3 Å². The van der Waals surface area contributed by atoms with Crippen molar-refractivity contribution in [3.05, 3.63) is 109 Å². The molecule has 14 heteroatoms. The van der Waals surface area contributed by atoms with Gasteiger partial charge in [-0.1, -0.05) is 24.3 Å². The van der Waals surface area contributed by atoms with E-state index in [1.165, 1.54) is 49.1 Å². The molecule has 0 bridgehead atoms. The lowest BCUT2D eigenvalue weighted by Gasteiger charge is -2.05. The summed E-state index contributed by atoms with van der Waals surface area (Å²) in [6, 6.07) is 18.7. The monoisotopic (exact) mass is 668 g/mol. The fourth-order valence-corrected chi connectivity index (χ4v) is 5.03. The first kappa shape index (κ1) is 32.6. The first-order valence-electron chi connectivity index (χ1n) is 14.5. The molecule has 8 nitrogen and oxygen atoms in total. The van der Waals surface area contributed by atoms with Crippen molar-refractivity contribution >= 4 is 0 Å². The van der Waals surface area contributed by atoms with Crippen LogP contribution in [0.3, 0.4) is 0 Å². The van der Waals surface area contributed by atoms with Crippen LogP contribution in [0.15, 0.2) is 106 Å². The number of halogens is 6. The number of alkyl halides is 6. The third-order valence-electron chi connectivity index (χ3n) is 7.41. The molecule has 0 fully saturated rings. The Hall–Kier alpha value is -5.34. The molecule has 0 aliphatic rings. The van der Waals surface area contributed by atoms with Gasteiger partial charge in [0, 0.05) is 46.5 Å². The molecule has 4 aromatic heterocycles. The van der Waals surface area contributed by atoms with Crippen LogP contribution in [0.25, 0.3) is 56.6 Å². The van der Waals surface area contributed by atoms with Gasteiger partial charge in [-0.3, -0.25) is 0 Å². The van der Waals surface area contributed by atoms with Crippen molar-refractivity contribution in [2.75, 3.05) is 13.2 Å². The maximum absolute atomic E-state index is 13.9. The molecule has 0 atom stereocenters. The number of aliphatic hydroxyl groups is 2. The minimum Gasteiger partial charge on any atom is -0.431 e. The summed E-state index contributed by atoms with van der Waals surface area (Å²) in [4.78, 5) is 8.29. The normalized spacial score (nSPS) is 12.1. The predicted octanol–water partition coefficient (Wildman–Crippen LogP) is 6.59. The van der Waals surface area contributed by atoms with Gasteiger partial charge < -0.3 is 19.0 Å². The summed E-state index contributed by atoms with van der Waals surface area (Å²) in [6.45, 7) is 0.318. The zero-order valence-electron chi connectivity index (χ0n) is 24.8. The van der Waals surface area contributed by atoms with Crippen LogP contribution in [0.5, 0.6) is 0 Å². The molecule has 2 N–H and O–H groups in total. The number of rotatable bonds is 9. The van der Waals surface area contributed by atoms with Gasteiger partial charge in [0.05, 0.1) is 0 Å². The van der Waals surface area contributed by atoms with Gasteiger partial charge in [-0.15, -0.1) is 0 Å². The first-order valence-corrected chi connectivity index (χ1v) is 14.5. The Balaban J connectivity index is 1.25. The molecule has 6 rings (SSSR count). The first-order chi connectivity index (χ1) is 22.9.